The Labute approximate surface area is 172 Å². The Morgan fingerprint density at radius 1 is 1.23 bits per heavy atom. The summed E-state index contributed by atoms with van der Waals surface area (Å²) in [5, 5.41) is 3.43. The van der Waals surface area contributed by atoms with Gasteiger partial charge in [0, 0.05) is 29.9 Å². The topological polar surface area (TPSA) is 66.9 Å². The normalized spacial score (nSPS) is 19.5. The molecule has 2 N–H and O–H groups in total. The molecule has 2 aliphatic rings. The van der Waals surface area contributed by atoms with Gasteiger partial charge in [-0.3, -0.25) is 9.59 Å². The van der Waals surface area contributed by atoms with Gasteiger partial charge in [0.25, 0.3) is 17.4 Å². The van der Waals surface area contributed by atoms with Gasteiger partial charge in [-0.15, -0.1) is 0 Å². The van der Waals surface area contributed by atoms with Crippen molar-refractivity contribution in [2.75, 3.05) is 0 Å². The van der Waals surface area contributed by atoms with E-state index in [1.54, 1.807) is 42.1 Å². The second-order valence-corrected chi connectivity index (χ2v) is 8.75. The highest BCUT2D eigenvalue weighted by Gasteiger charge is 2.42. The Morgan fingerprint density at radius 3 is 2.73 bits per heavy atom. The van der Waals surface area contributed by atoms with Crippen LogP contribution in [0, 0.1) is 0 Å². The molecule has 2 aliphatic carbocycles. The second kappa shape index (κ2) is 6.27. The molecular formula is C23H23F2N3O2. The van der Waals surface area contributed by atoms with E-state index in [1.165, 1.54) is 6.07 Å². The number of carbonyl (C=O) groups is 1. The van der Waals surface area contributed by atoms with Gasteiger partial charge in [0.15, 0.2) is 0 Å². The SMILES string of the molecule is CC(NC(=O)c1cn(C2(C)CC2)c(=O)c2cc[nH]c12)c1cccc2c1CCC2(F)F. The molecule has 1 atom stereocenters. The number of hydrogen-bond acceptors (Lipinski definition) is 2. The lowest BCUT2D eigenvalue weighted by atomic mass is 9.97. The van der Waals surface area contributed by atoms with Gasteiger partial charge in [0.2, 0.25) is 0 Å². The van der Waals surface area contributed by atoms with Crippen LogP contribution in [0.2, 0.25) is 0 Å². The first-order chi connectivity index (χ1) is 14.2. The van der Waals surface area contributed by atoms with Crippen LogP contribution < -0.4 is 10.9 Å². The van der Waals surface area contributed by atoms with E-state index in [2.05, 4.69) is 10.3 Å². The van der Waals surface area contributed by atoms with Crippen LogP contribution in [0.15, 0.2) is 41.5 Å². The number of amides is 1. The summed E-state index contributed by atoms with van der Waals surface area (Å²) in [6.07, 6.45) is 5.16. The largest absolute Gasteiger partial charge is 0.360 e. The number of fused-ring (bicyclic) bond motifs is 2. The Hall–Kier alpha value is -2.96. The lowest BCUT2D eigenvalue weighted by Gasteiger charge is -2.20. The van der Waals surface area contributed by atoms with Gasteiger partial charge in [-0.2, -0.15) is 0 Å². The molecule has 156 valence electrons. The summed E-state index contributed by atoms with van der Waals surface area (Å²) in [5.74, 6) is -3.16. The zero-order valence-electron chi connectivity index (χ0n) is 16.9. The summed E-state index contributed by atoms with van der Waals surface area (Å²) in [7, 11) is 0. The van der Waals surface area contributed by atoms with Crippen LogP contribution in [0.4, 0.5) is 8.78 Å². The summed E-state index contributed by atoms with van der Waals surface area (Å²) >= 11 is 0. The van der Waals surface area contributed by atoms with Crippen LogP contribution in [-0.4, -0.2) is 15.5 Å². The van der Waals surface area contributed by atoms with Crippen molar-refractivity contribution in [1.82, 2.24) is 14.9 Å². The van der Waals surface area contributed by atoms with Crippen molar-refractivity contribution in [2.45, 2.75) is 57.0 Å². The van der Waals surface area contributed by atoms with E-state index in [0.29, 0.717) is 34.0 Å². The van der Waals surface area contributed by atoms with Crippen LogP contribution in [0.5, 0.6) is 0 Å². The molecule has 1 fully saturated rings. The first-order valence-corrected chi connectivity index (χ1v) is 10.3. The molecule has 0 radical (unpaired) electrons. The quantitative estimate of drug-likeness (QED) is 0.670. The average Bonchev–Trinajstić information content (AvgIpc) is 3.13. The number of hydrogen-bond donors (Lipinski definition) is 2. The highest BCUT2D eigenvalue weighted by Crippen LogP contribution is 2.44. The molecule has 1 aromatic carbocycles. The third-order valence-corrected chi connectivity index (χ3v) is 6.63. The maximum atomic E-state index is 14.1. The highest BCUT2D eigenvalue weighted by molar-refractivity contribution is 6.05. The lowest BCUT2D eigenvalue weighted by molar-refractivity contribution is -0.00185. The summed E-state index contributed by atoms with van der Waals surface area (Å²) in [6.45, 7) is 3.80. The molecule has 3 aromatic rings. The van der Waals surface area contributed by atoms with E-state index in [9.17, 15) is 18.4 Å². The summed E-state index contributed by atoms with van der Waals surface area (Å²) in [4.78, 5) is 29.0. The van der Waals surface area contributed by atoms with E-state index in [4.69, 9.17) is 0 Å². The molecule has 7 heteroatoms. The number of nitrogens with one attached hydrogen (secondary N) is 2. The third-order valence-electron chi connectivity index (χ3n) is 6.63. The predicted molar refractivity (Wildman–Crippen MR) is 110 cm³/mol. The van der Waals surface area contributed by atoms with Gasteiger partial charge < -0.3 is 14.9 Å². The van der Waals surface area contributed by atoms with E-state index >= 15 is 0 Å². The number of aromatic nitrogens is 2. The van der Waals surface area contributed by atoms with Gasteiger partial charge in [0.05, 0.1) is 22.5 Å². The van der Waals surface area contributed by atoms with Crippen LogP contribution >= 0.6 is 0 Å². The van der Waals surface area contributed by atoms with E-state index in [-0.39, 0.29) is 29.0 Å². The zero-order valence-corrected chi connectivity index (χ0v) is 16.9. The van der Waals surface area contributed by atoms with E-state index in [1.807, 2.05) is 6.92 Å². The minimum atomic E-state index is -2.82. The summed E-state index contributed by atoms with van der Waals surface area (Å²) < 4.78 is 29.9. The molecule has 1 amide bonds. The molecule has 2 aromatic heterocycles. The monoisotopic (exact) mass is 411 g/mol. The minimum Gasteiger partial charge on any atom is -0.360 e. The maximum Gasteiger partial charge on any atom is 0.273 e. The fourth-order valence-electron chi connectivity index (χ4n) is 4.55. The van der Waals surface area contributed by atoms with Gasteiger partial charge in [0.1, 0.15) is 0 Å². The summed E-state index contributed by atoms with van der Waals surface area (Å²) in [5.41, 5.74) is 1.90. The third kappa shape index (κ3) is 2.79. The summed E-state index contributed by atoms with van der Waals surface area (Å²) in [6, 6.07) is 6.12. The molecule has 0 aliphatic heterocycles. The van der Waals surface area contributed by atoms with Crippen molar-refractivity contribution in [2.24, 2.45) is 0 Å². The number of pyridine rings is 1. The fourth-order valence-corrected chi connectivity index (χ4v) is 4.55. The zero-order chi connectivity index (χ0) is 21.3. The van der Waals surface area contributed by atoms with Crippen molar-refractivity contribution in [3.05, 3.63) is 69.3 Å². The number of benzene rings is 1. The van der Waals surface area contributed by atoms with E-state index in [0.717, 1.165) is 12.8 Å². The molecule has 5 nitrogen and oxygen atoms in total. The van der Waals surface area contributed by atoms with Crippen molar-refractivity contribution in [3.63, 3.8) is 0 Å². The minimum absolute atomic E-state index is 0.0584. The second-order valence-electron chi connectivity index (χ2n) is 8.75. The Bertz CT molecular complexity index is 1240. The van der Waals surface area contributed by atoms with Crippen molar-refractivity contribution in [3.8, 4) is 0 Å². The number of nitrogens with zero attached hydrogens (tertiary/aromatic N) is 1. The number of aromatic amines is 1. The fraction of sp³-hybridized carbons (Fsp3) is 0.391. The average molecular weight is 411 g/mol. The highest BCUT2D eigenvalue weighted by atomic mass is 19.3. The number of H-pyrrole nitrogens is 1. The number of carbonyl (C=O) groups excluding carboxylic acids is 1. The molecule has 0 spiro atoms. The Balaban J connectivity index is 1.51. The standard InChI is InChI=1S/C23H23F2N3O2/c1-13(14-4-3-5-18-15(14)6-8-23(18,24)25)27-20(29)17-12-28(22(2)9-10-22)21(30)16-7-11-26-19(16)17/h3-5,7,11-13,26H,6,8-10H2,1-2H3,(H,27,29). The van der Waals surface area contributed by atoms with Crippen LogP contribution in [0.25, 0.3) is 10.9 Å². The Morgan fingerprint density at radius 2 is 2.00 bits per heavy atom. The first-order valence-electron chi connectivity index (χ1n) is 10.3. The van der Waals surface area contributed by atoms with Crippen LogP contribution in [-0.2, 0) is 17.9 Å². The lowest BCUT2D eigenvalue weighted by Crippen LogP contribution is -2.32. The van der Waals surface area contributed by atoms with E-state index < -0.39 is 12.0 Å². The van der Waals surface area contributed by atoms with Crippen molar-refractivity contribution < 1.29 is 13.6 Å². The van der Waals surface area contributed by atoms with Gasteiger partial charge >= 0.3 is 0 Å². The van der Waals surface area contributed by atoms with Crippen molar-refractivity contribution >= 4 is 16.8 Å². The maximum absolute atomic E-state index is 14.1. The first kappa shape index (κ1) is 19.0. The van der Waals surface area contributed by atoms with Crippen LogP contribution in [0.1, 0.15) is 66.2 Å². The molecule has 30 heavy (non-hydrogen) atoms. The molecule has 2 heterocycles. The Kier molecular flexibility index (Phi) is 3.98. The predicted octanol–water partition coefficient (Wildman–Crippen LogP) is 4.37. The van der Waals surface area contributed by atoms with Gasteiger partial charge in [-0.25, -0.2) is 8.78 Å². The molecule has 1 unspecified atom stereocenters. The molecule has 0 saturated heterocycles. The van der Waals surface area contributed by atoms with Gasteiger partial charge in [-0.1, -0.05) is 18.2 Å². The molecular weight excluding hydrogens is 388 g/mol. The molecule has 5 rings (SSSR count). The van der Waals surface area contributed by atoms with Gasteiger partial charge in [-0.05, 0) is 50.3 Å². The number of halogens is 2. The molecule has 1 saturated carbocycles. The number of rotatable bonds is 4. The molecule has 0 bridgehead atoms. The smallest absolute Gasteiger partial charge is 0.273 e. The number of alkyl halides is 2. The van der Waals surface area contributed by atoms with Crippen LogP contribution in [0.3, 0.4) is 0 Å². The van der Waals surface area contributed by atoms with Crippen molar-refractivity contribution in [1.29, 1.82) is 0 Å².